The van der Waals surface area contributed by atoms with E-state index in [0.29, 0.717) is 5.88 Å². The van der Waals surface area contributed by atoms with E-state index >= 15 is 0 Å². The van der Waals surface area contributed by atoms with Gasteiger partial charge in [0.1, 0.15) is 0 Å². The van der Waals surface area contributed by atoms with Crippen molar-refractivity contribution in [1.29, 1.82) is 0 Å². The molecule has 1 heterocycles. The molecule has 4 heteroatoms. The first-order chi connectivity index (χ1) is 4.72. The highest BCUT2D eigenvalue weighted by molar-refractivity contribution is 6.19. The van der Waals surface area contributed by atoms with Crippen molar-refractivity contribution in [1.82, 2.24) is 10.6 Å². The molecule has 1 atom stereocenters. The monoisotopic (exact) mass is 160 g/mol. The molecule has 0 saturated carbocycles. The number of halogens is 1. The number of hydrogen-bond acceptors (Lipinski definition) is 2. The van der Waals surface area contributed by atoms with Gasteiger partial charge in [-0.1, -0.05) is 0 Å². The zero-order chi connectivity index (χ0) is 7.56. The SMILES string of the molecule is CC1NC(=O)C=C(CCl)N1. The molecule has 3 nitrogen and oxygen atoms in total. The molecule has 0 aliphatic carbocycles. The van der Waals surface area contributed by atoms with E-state index in [4.69, 9.17) is 11.6 Å². The number of carbonyl (C=O) groups is 1. The maximum atomic E-state index is 10.8. The molecule has 1 aliphatic rings. The van der Waals surface area contributed by atoms with Gasteiger partial charge >= 0.3 is 0 Å². The Morgan fingerprint density at radius 3 is 2.90 bits per heavy atom. The molecule has 0 saturated heterocycles. The third-order valence-corrected chi connectivity index (χ3v) is 1.50. The molecule has 0 aromatic heterocycles. The second-order valence-electron chi connectivity index (χ2n) is 2.18. The lowest BCUT2D eigenvalue weighted by Gasteiger charge is -2.21. The van der Waals surface area contributed by atoms with Gasteiger partial charge in [0.15, 0.2) is 0 Å². The van der Waals surface area contributed by atoms with Crippen LogP contribution in [0.3, 0.4) is 0 Å². The van der Waals surface area contributed by atoms with Gasteiger partial charge in [0.2, 0.25) is 5.91 Å². The summed E-state index contributed by atoms with van der Waals surface area (Å²) in [6.07, 6.45) is 1.46. The maximum absolute atomic E-state index is 10.8. The third-order valence-electron chi connectivity index (χ3n) is 1.21. The maximum Gasteiger partial charge on any atom is 0.247 e. The molecule has 0 bridgehead atoms. The van der Waals surface area contributed by atoms with Crippen LogP contribution in [-0.2, 0) is 4.79 Å². The van der Waals surface area contributed by atoms with Gasteiger partial charge in [-0.3, -0.25) is 4.79 Å². The lowest BCUT2D eigenvalue weighted by atomic mass is 10.3. The van der Waals surface area contributed by atoms with Crippen molar-refractivity contribution in [3.8, 4) is 0 Å². The van der Waals surface area contributed by atoms with Crippen LogP contribution in [0, 0.1) is 0 Å². The van der Waals surface area contributed by atoms with Gasteiger partial charge in [0.05, 0.1) is 12.0 Å². The lowest BCUT2D eigenvalue weighted by molar-refractivity contribution is -0.117. The summed E-state index contributed by atoms with van der Waals surface area (Å²) in [5.41, 5.74) is 0.776. The van der Waals surface area contributed by atoms with Crippen LogP contribution < -0.4 is 10.6 Å². The van der Waals surface area contributed by atoms with Gasteiger partial charge in [-0.25, -0.2) is 0 Å². The Morgan fingerprint density at radius 1 is 1.70 bits per heavy atom. The predicted molar refractivity (Wildman–Crippen MR) is 39.5 cm³/mol. The first-order valence-electron chi connectivity index (χ1n) is 3.06. The van der Waals surface area contributed by atoms with E-state index in [9.17, 15) is 4.79 Å². The minimum absolute atomic E-state index is 0.00810. The van der Waals surface area contributed by atoms with Crippen LogP contribution in [0.15, 0.2) is 11.8 Å². The second kappa shape index (κ2) is 2.92. The fourth-order valence-corrected chi connectivity index (χ4v) is 1.00. The van der Waals surface area contributed by atoms with Gasteiger partial charge in [0, 0.05) is 11.8 Å². The fraction of sp³-hybridized carbons (Fsp3) is 0.500. The molecule has 10 heavy (non-hydrogen) atoms. The molecule has 2 N–H and O–H groups in total. The van der Waals surface area contributed by atoms with Crippen LogP contribution in [-0.4, -0.2) is 18.0 Å². The summed E-state index contributed by atoms with van der Waals surface area (Å²) in [5.74, 6) is 0.277. The fourth-order valence-electron chi connectivity index (χ4n) is 0.846. The smallest absolute Gasteiger partial charge is 0.247 e. The van der Waals surface area contributed by atoms with E-state index in [2.05, 4.69) is 10.6 Å². The number of hydrogen-bond donors (Lipinski definition) is 2. The van der Waals surface area contributed by atoms with Crippen molar-refractivity contribution in [2.24, 2.45) is 0 Å². The van der Waals surface area contributed by atoms with Crippen molar-refractivity contribution in [2.75, 3.05) is 5.88 Å². The highest BCUT2D eigenvalue weighted by atomic mass is 35.5. The number of alkyl halides is 1. The van der Waals surface area contributed by atoms with Gasteiger partial charge in [-0.05, 0) is 6.92 Å². The van der Waals surface area contributed by atoms with Gasteiger partial charge in [0.25, 0.3) is 0 Å². The van der Waals surface area contributed by atoms with E-state index in [1.54, 1.807) is 0 Å². The normalized spacial score (nSPS) is 24.8. The lowest BCUT2D eigenvalue weighted by Crippen LogP contribution is -2.46. The van der Waals surface area contributed by atoms with Crippen LogP contribution in [0.25, 0.3) is 0 Å². The number of rotatable bonds is 1. The highest BCUT2D eigenvalue weighted by Crippen LogP contribution is 1.98. The van der Waals surface area contributed by atoms with Gasteiger partial charge in [-0.15, -0.1) is 11.6 Å². The van der Waals surface area contributed by atoms with Crippen LogP contribution in [0.2, 0.25) is 0 Å². The van der Waals surface area contributed by atoms with Crippen molar-refractivity contribution < 1.29 is 4.79 Å². The first-order valence-corrected chi connectivity index (χ1v) is 3.59. The van der Waals surface area contributed by atoms with Crippen molar-refractivity contribution in [3.63, 3.8) is 0 Å². The quantitative estimate of drug-likeness (QED) is 0.538. The van der Waals surface area contributed by atoms with Crippen molar-refractivity contribution >= 4 is 17.5 Å². The topological polar surface area (TPSA) is 41.1 Å². The Kier molecular flexibility index (Phi) is 2.17. The molecule has 0 aromatic carbocycles. The largest absolute Gasteiger partial charge is 0.368 e. The van der Waals surface area contributed by atoms with E-state index in [1.165, 1.54) is 6.08 Å². The summed E-state index contributed by atoms with van der Waals surface area (Å²) < 4.78 is 0. The predicted octanol–water partition coefficient (Wildman–Crippen LogP) is 0.174. The molecule has 1 amide bonds. The number of allylic oxidation sites excluding steroid dienone is 1. The summed E-state index contributed by atoms with van der Waals surface area (Å²) in [4.78, 5) is 10.8. The molecular formula is C6H9ClN2O. The van der Waals surface area contributed by atoms with E-state index < -0.39 is 0 Å². The van der Waals surface area contributed by atoms with E-state index in [1.807, 2.05) is 6.92 Å². The molecule has 56 valence electrons. The zero-order valence-electron chi connectivity index (χ0n) is 5.65. The average molecular weight is 161 g/mol. The second-order valence-corrected chi connectivity index (χ2v) is 2.45. The molecule has 0 aromatic rings. The highest BCUT2D eigenvalue weighted by Gasteiger charge is 2.12. The average Bonchev–Trinajstić information content (AvgIpc) is 1.85. The minimum atomic E-state index is -0.0816. The molecule has 1 aliphatic heterocycles. The Hall–Kier alpha value is -0.700. The molecule has 0 fully saturated rings. The van der Waals surface area contributed by atoms with Crippen LogP contribution in [0.1, 0.15) is 6.92 Å². The standard InChI is InChI=1S/C6H9ClN2O/c1-4-8-5(3-7)2-6(10)9-4/h2,4,8H,3H2,1H3,(H,9,10). The van der Waals surface area contributed by atoms with Crippen molar-refractivity contribution in [3.05, 3.63) is 11.8 Å². The Morgan fingerprint density at radius 2 is 2.40 bits per heavy atom. The molecule has 1 unspecified atom stereocenters. The molecular weight excluding hydrogens is 152 g/mol. The van der Waals surface area contributed by atoms with E-state index in [-0.39, 0.29) is 12.1 Å². The summed E-state index contributed by atoms with van der Waals surface area (Å²) >= 11 is 5.50. The number of carbonyl (C=O) groups excluding carboxylic acids is 1. The molecule has 0 radical (unpaired) electrons. The van der Waals surface area contributed by atoms with Crippen LogP contribution >= 0.6 is 11.6 Å². The van der Waals surface area contributed by atoms with Crippen LogP contribution in [0.4, 0.5) is 0 Å². The Labute approximate surface area is 64.4 Å². The third kappa shape index (κ3) is 1.64. The van der Waals surface area contributed by atoms with Gasteiger partial charge < -0.3 is 10.6 Å². The Bertz CT molecular complexity index is 179. The summed E-state index contributed by atoms with van der Waals surface area (Å²) in [6.45, 7) is 1.86. The summed E-state index contributed by atoms with van der Waals surface area (Å²) in [7, 11) is 0. The minimum Gasteiger partial charge on any atom is -0.368 e. The van der Waals surface area contributed by atoms with Gasteiger partial charge in [-0.2, -0.15) is 0 Å². The summed E-state index contributed by atoms with van der Waals surface area (Å²) in [6, 6.07) is 0. The Balaban J connectivity index is 2.65. The van der Waals surface area contributed by atoms with E-state index in [0.717, 1.165) is 5.70 Å². The number of amides is 1. The molecule has 0 spiro atoms. The summed E-state index contributed by atoms with van der Waals surface area (Å²) in [5, 5.41) is 5.65. The first kappa shape index (κ1) is 7.41. The zero-order valence-corrected chi connectivity index (χ0v) is 6.40. The van der Waals surface area contributed by atoms with Crippen LogP contribution in [0.5, 0.6) is 0 Å². The molecule has 1 rings (SSSR count). The number of nitrogens with one attached hydrogen (secondary N) is 2. The van der Waals surface area contributed by atoms with Crippen molar-refractivity contribution in [2.45, 2.75) is 13.1 Å².